The summed E-state index contributed by atoms with van der Waals surface area (Å²) < 4.78 is 11.5. The number of nitrogens with zero attached hydrogens (tertiary/aromatic N) is 3. The first kappa shape index (κ1) is 15.8. The van der Waals surface area contributed by atoms with E-state index in [-0.39, 0.29) is 12.1 Å². The molecule has 134 valence electrons. The summed E-state index contributed by atoms with van der Waals surface area (Å²) in [7, 11) is 0. The van der Waals surface area contributed by atoms with Crippen LogP contribution in [0.4, 0.5) is 0 Å². The molecule has 0 saturated carbocycles. The van der Waals surface area contributed by atoms with Gasteiger partial charge in [-0.3, -0.25) is 5.10 Å². The lowest BCUT2D eigenvalue weighted by molar-refractivity contribution is 0.319. The van der Waals surface area contributed by atoms with E-state index in [1.54, 1.807) is 0 Å². The molecule has 0 saturated heterocycles. The molecule has 2 aliphatic rings. The van der Waals surface area contributed by atoms with Crippen LogP contribution in [-0.2, 0) is 9.47 Å². The molecule has 2 aromatic carbocycles. The topological polar surface area (TPSA) is 71.9 Å². The number of aliphatic imine (C=N–C) groups is 2. The van der Waals surface area contributed by atoms with Gasteiger partial charge in [-0.1, -0.05) is 60.7 Å². The molecule has 1 N–H and O–H groups in total. The van der Waals surface area contributed by atoms with Gasteiger partial charge >= 0.3 is 0 Å². The lowest BCUT2D eigenvalue weighted by Gasteiger charge is -2.03. The zero-order chi connectivity index (χ0) is 18.1. The van der Waals surface area contributed by atoms with Crippen molar-refractivity contribution < 1.29 is 9.47 Å². The Morgan fingerprint density at radius 1 is 0.741 bits per heavy atom. The molecule has 1 aromatic heterocycles. The van der Waals surface area contributed by atoms with Gasteiger partial charge in [-0.25, -0.2) is 9.98 Å². The molecule has 6 nitrogen and oxygen atoms in total. The van der Waals surface area contributed by atoms with E-state index in [9.17, 15) is 0 Å². The number of hydrogen-bond acceptors (Lipinski definition) is 5. The summed E-state index contributed by atoms with van der Waals surface area (Å²) in [4.78, 5) is 9.34. The second kappa shape index (κ2) is 6.72. The number of hydrogen-bond donors (Lipinski definition) is 1. The van der Waals surface area contributed by atoms with Crippen molar-refractivity contribution in [1.82, 2.24) is 10.2 Å². The maximum absolute atomic E-state index is 5.77. The van der Waals surface area contributed by atoms with Gasteiger partial charge in [-0.2, -0.15) is 5.10 Å². The zero-order valence-electron chi connectivity index (χ0n) is 14.6. The van der Waals surface area contributed by atoms with Crippen LogP contribution in [0.25, 0.3) is 0 Å². The molecular formula is C21H18N4O2. The molecule has 6 heteroatoms. The quantitative estimate of drug-likeness (QED) is 0.776. The number of rotatable bonds is 4. The van der Waals surface area contributed by atoms with Crippen LogP contribution in [0.5, 0.6) is 0 Å². The van der Waals surface area contributed by atoms with Gasteiger partial charge in [0.05, 0.1) is 0 Å². The van der Waals surface area contributed by atoms with Gasteiger partial charge in [0.25, 0.3) is 0 Å². The van der Waals surface area contributed by atoms with E-state index < -0.39 is 0 Å². The Morgan fingerprint density at radius 2 is 1.30 bits per heavy atom. The fraction of sp³-hybridized carbons (Fsp3) is 0.190. The molecule has 3 aromatic rings. The van der Waals surface area contributed by atoms with Crippen molar-refractivity contribution in [2.45, 2.75) is 12.1 Å². The SMILES string of the molecule is c1ccc(C2COC(c3cc(C4=NC(c5ccccc5)CO4)[nH]n3)=N2)cc1. The van der Waals surface area contributed by atoms with Gasteiger partial charge in [0.1, 0.15) is 36.7 Å². The third-order valence-corrected chi connectivity index (χ3v) is 4.70. The Hall–Kier alpha value is -3.41. The summed E-state index contributed by atoms with van der Waals surface area (Å²) in [6, 6.07) is 22.1. The minimum Gasteiger partial charge on any atom is -0.474 e. The van der Waals surface area contributed by atoms with E-state index in [0.717, 1.165) is 16.8 Å². The summed E-state index contributed by atoms with van der Waals surface area (Å²) in [5.41, 5.74) is 3.68. The molecule has 0 radical (unpaired) electrons. The van der Waals surface area contributed by atoms with Crippen LogP contribution in [0.2, 0.25) is 0 Å². The van der Waals surface area contributed by atoms with E-state index in [1.807, 2.05) is 42.5 Å². The summed E-state index contributed by atoms with van der Waals surface area (Å²) >= 11 is 0. The maximum atomic E-state index is 5.77. The van der Waals surface area contributed by atoms with E-state index in [2.05, 4.69) is 44.4 Å². The molecule has 27 heavy (non-hydrogen) atoms. The molecule has 0 amide bonds. The monoisotopic (exact) mass is 358 g/mol. The molecular weight excluding hydrogens is 340 g/mol. The van der Waals surface area contributed by atoms with Gasteiger partial charge < -0.3 is 9.47 Å². The van der Waals surface area contributed by atoms with Crippen molar-refractivity contribution in [3.05, 3.63) is 89.2 Å². The van der Waals surface area contributed by atoms with Crippen LogP contribution in [0.15, 0.2) is 76.7 Å². The van der Waals surface area contributed by atoms with Crippen molar-refractivity contribution >= 4 is 11.8 Å². The van der Waals surface area contributed by atoms with Crippen molar-refractivity contribution in [2.75, 3.05) is 13.2 Å². The highest BCUT2D eigenvalue weighted by atomic mass is 16.5. The first-order valence-electron chi connectivity index (χ1n) is 8.94. The number of aromatic nitrogens is 2. The number of ether oxygens (including phenoxy) is 2. The summed E-state index contributed by atoms with van der Waals surface area (Å²) in [5, 5.41) is 7.31. The third-order valence-electron chi connectivity index (χ3n) is 4.70. The largest absolute Gasteiger partial charge is 0.474 e. The normalized spacial score (nSPS) is 21.3. The fourth-order valence-electron chi connectivity index (χ4n) is 3.27. The van der Waals surface area contributed by atoms with Crippen molar-refractivity contribution in [2.24, 2.45) is 9.98 Å². The Bertz CT molecular complexity index is 915. The van der Waals surface area contributed by atoms with Crippen molar-refractivity contribution in [3.63, 3.8) is 0 Å². The van der Waals surface area contributed by atoms with E-state index >= 15 is 0 Å². The highest BCUT2D eigenvalue weighted by Crippen LogP contribution is 2.26. The van der Waals surface area contributed by atoms with Crippen LogP contribution in [0, 0.1) is 0 Å². The van der Waals surface area contributed by atoms with Crippen LogP contribution in [-0.4, -0.2) is 35.2 Å². The Labute approximate surface area is 156 Å². The number of H-pyrrole nitrogens is 1. The molecule has 0 aliphatic carbocycles. The molecule has 2 unspecified atom stereocenters. The zero-order valence-corrected chi connectivity index (χ0v) is 14.6. The summed E-state index contributed by atoms with van der Waals surface area (Å²) in [6.45, 7) is 1.05. The van der Waals surface area contributed by atoms with Crippen LogP contribution >= 0.6 is 0 Å². The molecule has 2 atom stereocenters. The van der Waals surface area contributed by atoms with Gasteiger partial charge in [0.2, 0.25) is 11.8 Å². The first-order valence-corrected chi connectivity index (χ1v) is 8.94. The second-order valence-corrected chi connectivity index (χ2v) is 6.51. The fourth-order valence-corrected chi connectivity index (χ4v) is 3.27. The summed E-state index contributed by atoms with van der Waals surface area (Å²) in [5.74, 6) is 1.12. The van der Waals surface area contributed by atoms with Gasteiger partial charge in [-0.15, -0.1) is 0 Å². The van der Waals surface area contributed by atoms with E-state index in [0.29, 0.717) is 30.7 Å². The lowest BCUT2D eigenvalue weighted by Crippen LogP contribution is -2.02. The average Bonchev–Trinajstić information content (AvgIpc) is 3.49. The van der Waals surface area contributed by atoms with E-state index in [4.69, 9.17) is 9.47 Å². The second-order valence-electron chi connectivity index (χ2n) is 6.51. The van der Waals surface area contributed by atoms with Crippen LogP contribution in [0.3, 0.4) is 0 Å². The molecule has 0 spiro atoms. The van der Waals surface area contributed by atoms with Crippen LogP contribution < -0.4 is 0 Å². The van der Waals surface area contributed by atoms with Crippen molar-refractivity contribution in [3.8, 4) is 0 Å². The lowest BCUT2D eigenvalue weighted by atomic mass is 10.1. The standard InChI is InChI=1S/C21H18N4O2/c1-3-7-14(8-4-1)18-12-26-20(22-18)16-11-17(25-24-16)21-23-19(13-27-21)15-9-5-2-6-10-15/h1-11,18-19H,12-13H2,(H,24,25). The molecule has 0 fully saturated rings. The predicted octanol–water partition coefficient (Wildman–Crippen LogP) is 3.45. The van der Waals surface area contributed by atoms with Gasteiger partial charge in [0, 0.05) is 6.07 Å². The smallest absolute Gasteiger partial charge is 0.238 e. The predicted molar refractivity (Wildman–Crippen MR) is 102 cm³/mol. The van der Waals surface area contributed by atoms with Gasteiger partial charge in [-0.05, 0) is 11.1 Å². The summed E-state index contributed by atoms with van der Waals surface area (Å²) in [6.07, 6.45) is 0. The minimum absolute atomic E-state index is 0.00359. The van der Waals surface area contributed by atoms with Crippen molar-refractivity contribution in [1.29, 1.82) is 0 Å². The minimum atomic E-state index is 0.00359. The molecule has 2 aliphatic heterocycles. The molecule has 5 rings (SSSR count). The Balaban J connectivity index is 1.35. The van der Waals surface area contributed by atoms with E-state index in [1.165, 1.54) is 0 Å². The third kappa shape index (κ3) is 3.10. The highest BCUT2D eigenvalue weighted by Gasteiger charge is 2.26. The average molecular weight is 358 g/mol. The Kier molecular flexibility index (Phi) is 3.93. The molecule has 3 heterocycles. The molecule has 0 bridgehead atoms. The number of aromatic amines is 1. The van der Waals surface area contributed by atoms with Gasteiger partial charge in [0.15, 0.2) is 0 Å². The Morgan fingerprint density at radius 3 is 1.93 bits per heavy atom. The number of benzene rings is 2. The first-order chi connectivity index (χ1) is 13.4. The maximum Gasteiger partial charge on any atom is 0.238 e. The van der Waals surface area contributed by atoms with Crippen LogP contribution in [0.1, 0.15) is 34.6 Å². The number of nitrogens with one attached hydrogen (secondary N) is 1. The highest BCUT2D eigenvalue weighted by molar-refractivity contribution is 5.98.